The standard InChI is InChI=1S/C24H31ClFN5O3/c1-13-9-10-14(11-16(13)25)28-21-15(20(27)32)12-17(26)22(31-21)29-18-7-5-6-8-19(18)30-23(33)34-24(2,3)4/h9-12,18-19H,5-8H2,1-4H3,(H2,27,32)(H,30,33)(H2,28,29,31)/t18-,19+/m1/s1. The van der Waals surface area contributed by atoms with E-state index in [9.17, 15) is 14.0 Å². The number of primary amides is 1. The fourth-order valence-corrected chi connectivity index (χ4v) is 3.97. The Bertz CT molecular complexity index is 1070. The first-order valence-corrected chi connectivity index (χ1v) is 11.6. The van der Waals surface area contributed by atoms with Crippen molar-refractivity contribution in [2.45, 2.75) is 71.1 Å². The van der Waals surface area contributed by atoms with Crippen LogP contribution in [0.25, 0.3) is 0 Å². The largest absolute Gasteiger partial charge is 0.444 e. The minimum atomic E-state index is -0.819. The number of nitrogens with one attached hydrogen (secondary N) is 3. The molecule has 2 amide bonds. The Morgan fingerprint density at radius 2 is 1.82 bits per heavy atom. The van der Waals surface area contributed by atoms with Crippen LogP contribution < -0.4 is 21.7 Å². The lowest BCUT2D eigenvalue weighted by Gasteiger charge is -2.34. The van der Waals surface area contributed by atoms with Crippen molar-refractivity contribution in [2.24, 2.45) is 5.73 Å². The van der Waals surface area contributed by atoms with Gasteiger partial charge in [0, 0.05) is 16.8 Å². The topological polar surface area (TPSA) is 118 Å². The predicted octanol–water partition coefficient (Wildman–Crippen LogP) is 5.27. The van der Waals surface area contributed by atoms with E-state index in [1.807, 2.05) is 13.0 Å². The summed E-state index contributed by atoms with van der Waals surface area (Å²) in [6.07, 6.45) is 2.73. The molecule has 1 fully saturated rings. The number of hydrogen-bond donors (Lipinski definition) is 4. The van der Waals surface area contributed by atoms with Gasteiger partial charge in [0.2, 0.25) is 0 Å². The van der Waals surface area contributed by atoms with Crippen LogP contribution in [0.2, 0.25) is 5.02 Å². The van der Waals surface area contributed by atoms with Gasteiger partial charge in [0.25, 0.3) is 5.91 Å². The summed E-state index contributed by atoms with van der Waals surface area (Å²) in [4.78, 5) is 28.6. The van der Waals surface area contributed by atoms with Gasteiger partial charge in [-0.1, -0.05) is 30.5 Å². The molecule has 1 heterocycles. The molecular weight excluding hydrogens is 461 g/mol. The monoisotopic (exact) mass is 491 g/mol. The van der Waals surface area contributed by atoms with Crippen molar-refractivity contribution in [1.29, 1.82) is 0 Å². The summed E-state index contributed by atoms with van der Waals surface area (Å²) in [6, 6.07) is 5.77. The fraction of sp³-hybridized carbons (Fsp3) is 0.458. The molecule has 1 saturated carbocycles. The molecule has 2 atom stereocenters. The third-order valence-corrected chi connectivity index (χ3v) is 5.87. The number of aryl methyl sites for hydroxylation is 1. The number of benzene rings is 1. The fourth-order valence-electron chi connectivity index (χ4n) is 3.79. The van der Waals surface area contributed by atoms with Gasteiger partial charge in [0.05, 0.1) is 11.6 Å². The highest BCUT2D eigenvalue weighted by atomic mass is 35.5. The van der Waals surface area contributed by atoms with Crippen LogP contribution in [0.4, 0.5) is 26.5 Å². The second-order valence-corrected chi connectivity index (χ2v) is 9.86. The van der Waals surface area contributed by atoms with E-state index in [-0.39, 0.29) is 29.3 Å². The van der Waals surface area contributed by atoms with Crippen LogP contribution in [-0.2, 0) is 4.74 Å². The predicted molar refractivity (Wildman–Crippen MR) is 131 cm³/mol. The van der Waals surface area contributed by atoms with Crippen LogP contribution >= 0.6 is 11.6 Å². The lowest BCUT2D eigenvalue weighted by Crippen LogP contribution is -2.50. The zero-order chi connectivity index (χ0) is 25.0. The molecule has 0 spiro atoms. The van der Waals surface area contributed by atoms with Crippen molar-refractivity contribution in [2.75, 3.05) is 10.6 Å². The Labute approximate surface area is 203 Å². The normalized spacial score (nSPS) is 18.2. The quantitative estimate of drug-likeness (QED) is 0.437. The summed E-state index contributed by atoms with van der Waals surface area (Å²) in [7, 11) is 0. The first-order chi connectivity index (χ1) is 15.9. The molecule has 3 rings (SSSR count). The molecular formula is C24H31ClFN5O3. The van der Waals surface area contributed by atoms with Gasteiger partial charge in [-0.2, -0.15) is 0 Å². The van der Waals surface area contributed by atoms with Crippen molar-refractivity contribution >= 4 is 40.9 Å². The van der Waals surface area contributed by atoms with E-state index in [0.29, 0.717) is 23.6 Å². The van der Waals surface area contributed by atoms with Crippen molar-refractivity contribution in [3.05, 3.63) is 46.2 Å². The molecule has 0 saturated heterocycles. The van der Waals surface area contributed by atoms with Crippen LogP contribution in [0.15, 0.2) is 24.3 Å². The average molecular weight is 492 g/mol. The number of rotatable bonds is 6. The van der Waals surface area contributed by atoms with Crippen molar-refractivity contribution in [3.8, 4) is 0 Å². The smallest absolute Gasteiger partial charge is 0.407 e. The van der Waals surface area contributed by atoms with Crippen LogP contribution in [-0.4, -0.2) is 34.7 Å². The average Bonchev–Trinajstić information content (AvgIpc) is 2.72. The number of pyridine rings is 1. The molecule has 0 unspecified atom stereocenters. The molecule has 5 N–H and O–H groups in total. The molecule has 1 aromatic heterocycles. The summed E-state index contributed by atoms with van der Waals surface area (Å²) < 4.78 is 20.3. The van der Waals surface area contributed by atoms with Crippen molar-refractivity contribution in [1.82, 2.24) is 10.3 Å². The number of halogens is 2. The molecule has 0 aliphatic heterocycles. The zero-order valence-corrected chi connectivity index (χ0v) is 20.6. The summed E-state index contributed by atoms with van der Waals surface area (Å²) in [5.41, 5.74) is 6.20. The third-order valence-electron chi connectivity index (χ3n) is 5.47. The lowest BCUT2D eigenvalue weighted by molar-refractivity contribution is 0.0488. The molecule has 0 bridgehead atoms. The molecule has 8 nitrogen and oxygen atoms in total. The van der Waals surface area contributed by atoms with E-state index >= 15 is 0 Å². The number of nitrogens with zero attached hydrogens (tertiary/aromatic N) is 1. The number of carbonyl (C=O) groups excluding carboxylic acids is 2. The number of alkyl carbamates (subject to hydrolysis) is 1. The third kappa shape index (κ3) is 6.72. The van der Waals surface area contributed by atoms with E-state index in [1.165, 1.54) is 0 Å². The van der Waals surface area contributed by atoms with Gasteiger partial charge in [-0.05, 0) is 64.3 Å². The summed E-state index contributed by atoms with van der Waals surface area (Å²) >= 11 is 6.20. The highest BCUT2D eigenvalue weighted by Gasteiger charge is 2.30. The minimum absolute atomic E-state index is 0.0476. The van der Waals surface area contributed by atoms with Gasteiger partial charge in [0.15, 0.2) is 11.6 Å². The van der Waals surface area contributed by atoms with E-state index in [4.69, 9.17) is 22.1 Å². The van der Waals surface area contributed by atoms with Crippen LogP contribution in [0, 0.1) is 12.7 Å². The first-order valence-electron chi connectivity index (χ1n) is 11.2. The van der Waals surface area contributed by atoms with Gasteiger partial charge in [0.1, 0.15) is 11.4 Å². The van der Waals surface area contributed by atoms with Gasteiger partial charge >= 0.3 is 6.09 Å². The van der Waals surface area contributed by atoms with Gasteiger partial charge in [-0.15, -0.1) is 0 Å². The van der Waals surface area contributed by atoms with E-state index in [0.717, 1.165) is 24.5 Å². The van der Waals surface area contributed by atoms with Crippen LogP contribution in [0.1, 0.15) is 62.4 Å². The molecule has 1 aliphatic carbocycles. The van der Waals surface area contributed by atoms with E-state index in [2.05, 4.69) is 20.9 Å². The molecule has 10 heteroatoms. The molecule has 1 aromatic carbocycles. The number of nitrogens with two attached hydrogens (primary N) is 1. The highest BCUT2D eigenvalue weighted by Crippen LogP contribution is 2.29. The van der Waals surface area contributed by atoms with Crippen LogP contribution in [0.3, 0.4) is 0 Å². The summed E-state index contributed by atoms with van der Waals surface area (Å²) in [5, 5.41) is 9.52. The molecule has 2 aromatic rings. The molecule has 34 heavy (non-hydrogen) atoms. The van der Waals surface area contributed by atoms with Crippen LogP contribution in [0.5, 0.6) is 0 Å². The molecule has 1 aliphatic rings. The minimum Gasteiger partial charge on any atom is -0.444 e. The Kier molecular flexibility index (Phi) is 7.86. The number of anilines is 3. The highest BCUT2D eigenvalue weighted by molar-refractivity contribution is 6.31. The second kappa shape index (κ2) is 10.5. The number of carbonyl (C=O) groups is 2. The summed E-state index contributed by atoms with van der Waals surface area (Å²) in [6.45, 7) is 7.24. The first kappa shape index (κ1) is 25.6. The zero-order valence-electron chi connectivity index (χ0n) is 19.8. The van der Waals surface area contributed by atoms with E-state index in [1.54, 1.807) is 32.9 Å². The van der Waals surface area contributed by atoms with Gasteiger partial charge in [-0.3, -0.25) is 4.79 Å². The maximum absolute atomic E-state index is 14.9. The van der Waals surface area contributed by atoms with E-state index < -0.39 is 23.4 Å². The van der Waals surface area contributed by atoms with Crippen molar-refractivity contribution < 1.29 is 18.7 Å². The Hall–Kier alpha value is -3.07. The molecule has 0 radical (unpaired) electrons. The lowest BCUT2D eigenvalue weighted by atomic mass is 9.90. The SMILES string of the molecule is Cc1ccc(Nc2nc(N[C@@H]3CCCC[C@@H]3NC(=O)OC(C)(C)C)c(F)cc2C(N)=O)cc1Cl. The van der Waals surface area contributed by atoms with Gasteiger partial charge in [-0.25, -0.2) is 14.2 Å². The Morgan fingerprint density at radius 3 is 2.44 bits per heavy atom. The maximum Gasteiger partial charge on any atom is 0.407 e. The molecule has 184 valence electrons. The van der Waals surface area contributed by atoms with Crippen molar-refractivity contribution in [3.63, 3.8) is 0 Å². The summed E-state index contributed by atoms with van der Waals surface area (Å²) in [5.74, 6) is -1.49. The number of amides is 2. The Morgan fingerprint density at radius 1 is 1.15 bits per heavy atom. The maximum atomic E-state index is 14.9. The Balaban J connectivity index is 1.84. The number of aromatic nitrogens is 1. The van der Waals surface area contributed by atoms with Gasteiger partial charge < -0.3 is 26.4 Å². The number of ether oxygens (including phenoxy) is 1. The number of hydrogen-bond acceptors (Lipinski definition) is 6. The second-order valence-electron chi connectivity index (χ2n) is 9.46.